The van der Waals surface area contributed by atoms with Gasteiger partial charge in [0, 0.05) is 34.3 Å². The van der Waals surface area contributed by atoms with Gasteiger partial charge in [-0.15, -0.1) is 0 Å². The van der Waals surface area contributed by atoms with Crippen molar-refractivity contribution >= 4 is 22.6 Å². The zero-order valence-electron chi connectivity index (χ0n) is 20.5. The summed E-state index contributed by atoms with van der Waals surface area (Å²) in [5.74, 6) is -0.635. The fourth-order valence-electron chi connectivity index (χ4n) is 4.16. The van der Waals surface area contributed by atoms with Gasteiger partial charge in [-0.25, -0.2) is 18.6 Å². The summed E-state index contributed by atoms with van der Waals surface area (Å²) in [6.07, 6.45) is 0. The Labute approximate surface area is 213 Å². The van der Waals surface area contributed by atoms with Gasteiger partial charge in [0.15, 0.2) is 13.3 Å². The van der Waals surface area contributed by atoms with Crippen molar-refractivity contribution in [3.05, 3.63) is 70.6 Å². The van der Waals surface area contributed by atoms with Gasteiger partial charge < -0.3 is 14.5 Å². The van der Waals surface area contributed by atoms with Gasteiger partial charge in [0.05, 0.1) is 18.0 Å². The molecule has 1 aliphatic heterocycles. The molecule has 0 atom stereocenters. The van der Waals surface area contributed by atoms with Gasteiger partial charge in [-0.2, -0.15) is 17.6 Å². The zero-order chi connectivity index (χ0) is 27.8. The first-order valence-electron chi connectivity index (χ1n) is 11.3. The molecule has 0 unspecified atom stereocenters. The van der Waals surface area contributed by atoms with Crippen molar-refractivity contribution in [3.8, 4) is 22.5 Å². The number of alkyl halides is 6. The Morgan fingerprint density at radius 3 is 2.34 bits per heavy atom. The van der Waals surface area contributed by atoms with Gasteiger partial charge in [-0.05, 0) is 48.7 Å². The number of nitrogens with one attached hydrogen (secondary N) is 1. The molecule has 11 heteroatoms. The number of nitrogens with zero attached hydrogens (tertiary/aromatic N) is 1. The minimum absolute atomic E-state index is 0.0123. The Hall–Kier alpha value is -4.02. The summed E-state index contributed by atoms with van der Waals surface area (Å²) in [6, 6.07) is 4.10. The molecule has 1 heterocycles. The zero-order valence-corrected chi connectivity index (χ0v) is 20.5. The van der Waals surface area contributed by atoms with Crippen LogP contribution in [0.3, 0.4) is 0 Å². The highest BCUT2D eigenvalue weighted by atomic mass is 19.3. The number of fused-ring (bicyclic) bond motifs is 2. The average molecular weight is 536 g/mol. The van der Waals surface area contributed by atoms with Gasteiger partial charge in [-0.3, -0.25) is 0 Å². The molecule has 1 aliphatic carbocycles. The molecule has 0 spiro atoms. The predicted molar refractivity (Wildman–Crippen MR) is 130 cm³/mol. The van der Waals surface area contributed by atoms with Crippen LogP contribution in [0.15, 0.2) is 57.9 Å². The Morgan fingerprint density at radius 1 is 0.974 bits per heavy atom. The summed E-state index contributed by atoms with van der Waals surface area (Å²) in [6.45, 7) is -0.926. The Kier molecular flexibility index (Phi) is 7.14. The lowest BCUT2D eigenvalue weighted by Gasteiger charge is -2.21. The number of carbonyl (C=O) groups excluding carboxylic acids is 1. The van der Waals surface area contributed by atoms with E-state index in [-0.39, 0.29) is 33.5 Å². The first-order valence-corrected chi connectivity index (χ1v) is 11.3. The standard InChI is InChI=1S/C27H22F6N2O3/c1-14-8-18-22(10-20(14)34-26(30,31)12-28)38-23-11-21(35-27(32,33)13-29)15(2)9-19(23)24(18)16-6-4-5-7-17(16)25(36)37-3/h4-11,34H,12-13H2,1-3H3. The highest BCUT2D eigenvalue weighted by molar-refractivity contribution is 6.08. The van der Waals surface area contributed by atoms with E-state index in [4.69, 9.17) is 9.15 Å². The first-order chi connectivity index (χ1) is 17.9. The van der Waals surface area contributed by atoms with Gasteiger partial charge in [0.25, 0.3) is 0 Å². The Balaban J connectivity index is 2.14. The van der Waals surface area contributed by atoms with Gasteiger partial charge >= 0.3 is 18.1 Å². The van der Waals surface area contributed by atoms with Crippen LogP contribution in [0, 0.1) is 13.8 Å². The smallest absolute Gasteiger partial charge is 0.370 e. The highest BCUT2D eigenvalue weighted by Crippen LogP contribution is 2.43. The summed E-state index contributed by atoms with van der Waals surface area (Å²) in [4.78, 5) is 15.8. The van der Waals surface area contributed by atoms with E-state index < -0.39 is 31.4 Å². The number of methoxy groups -OCH3 is 1. The fraction of sp³-hybridized carbons (Fsp3) is 0.259. The number of anilines is 1. The monoisotopic (exact) mass is 536 g/mol. The third-order valence-corrected chi connectivity index (χ3v) is 5.92. The SMILES string of the molecule is COC(=O)c1ccccc1-c1c2cc(C)c(=NC(F)(F)CF)cc-2oc2cc(NC(F)(F)CF)c(C)cc12. The van der Waals surface area contributed by atoms with Crippen molar-refractivity contribution in [2.45, 2.75) is 25.9 Å². The fourth-order valence-corrected chi connectivity index (χ4v) is 4.16. The minimum atomic E-state index is -3.97. The molecular formula is C27H22F6N2O3. The Bertz CT molecular complexity index is 1560. The molecule has 0 aromatic heterocycles. The van der Waals surface area contributed by atoms with Crippen LogP contribution in [0.5, 0.6) is 0 Å². The quantitative estimate of drug-likeness (QED) is 0.119. The molecule has 0 radical (unpaired) electrons. The number of ether oxygens (including phenoxy) is 1. The molecule has 1 N–H and O–H groups in total. The lowest BCUT2D eigenvalue weighted by atomic mass is 9.89. The van der Waals surface area contributed by atoms with Gasteiger partial charge in [0.1, 0.15) is 11.3 Å². The number of hydrogen-bond donors (Lipinski definition) is 1. The number of carbonyl (C=O) groups is 1. The van der Waals surface area contributed by atoms with Crippen LogP contribution in [0.1, 0.15) is 21.5 Å². The van der Waals surface area contributed by atoms with Crippen molar-refractivity contribution in [2.75, 3.05) is 25.8 Å². The maximum atomic E-state index is 13.8. The largest absolute Gasteiger partial charge is 0.465 e. The molecule has 0 saturated heterocycles. The third-order valence-electron chi connectivity index (χ3n) is 5.92. The molecule has 38 heavy (non-hydrogen) atoms. The average Bonchev–Trinajstić information content (AvgIpc) is 2.88. The molecule has 2 aliphatic rings. The Morgan fingerprint density at radius 2 is 1.68 bits per heavy atom. The van der Waals surface area contributed by atoms with Crippen LogP contribution in [0.2, 0.25) is 0 Å². The number of rotatable bonds is 7. The molecule has 2 aromatic carbocycles. The number of halogens is 6. The van der Waals surface area contributed by atoms with E-state index in [1.165, 1.54) is 51.3 Å². The molecule has 200 valence electrons. The second-order valence-electron chi connectivity index (χ2n) is 8.69. The van der Waals surface area contributed by atoms with Crippen molar-refractivity contribution in [1.82, 2.24) is 0 Å². The molecule has 0 saturated carbocycles. The number of aryl methyl sites for hydroxylation is 2. The molecule has 2 aromatic rings. The lowest BCUT2D eigenvalue weighted by Crippen LogP contribution is -2.30. The van der Waals surface area contributed by atoms with E-state index in [1.54, 1.807) is 18.2 Å². The summed E-state index contributed by atoms with van der Waals surface area (Å²) in [7, 11) is 1.21. The number of hydrogen-bond acceptors (Lipinski definition) is 5. The third kappa shape index (κ3) is 5.18. The summed E-state index contributed by atoms with van der Waals surface area (Å²) in [5, 5.41) is 1.99. The van der Waals surface area contributed by atoms with Crippen LogP contribution in [0.25, 0.3) is 33.4 Å². The van der Waals surface area contributed by atoms with E-state index >= 15 is 0 Å². The number of benzene rings is 3. The number of esters is 1. The van der Waals surface area contributed by atoms with E-state index in [9.17, 15) is 31.1 Å². The second kappa shape index (κ2) is 10.0. The molecule has 4 rings (SSSR count). The van der Waals surface area contributed by atoms with Crippen LogP contribution in [0.4, 0.5) is 32.0 Å². The highest BCUT2D eigenvalue weighted by Gasteiger charge is 2.31. The summed E-state index contributed by atoms with van der Waals surface area (Å²) >= 11 is 0. The lowest BCUT2D eigenvalue weighted by molar-refractivity contribution is -0.0169. The van der Waals surface area contributed by atoms with E-state index in [1.807, 2.05) is 5.32 Å². The van der Waals surface area contributed by atoms with Gasteiger partial charge in [0.2, 0.25) is 0 Å². The van der Waals surface area contributed by atoms with Crippen LogP contribution >= 0.6 is 0 Å². The van der Waals surface area contributed by atoms with Crippen molar-refractivity contribution in [3.63, 3.8) is 0 Å². The molecule has 0 fully saturated rings. The van der Waals surface area contributed by atoms with E-state index in [0.29, 0.717) is 27.6 Å². The van der Waals surface area contributed by atoms with Gasteiger partial charge in [-0.1, -0.05) is 18.2 Å². The second-order valence-corrected chi connectivity index (χ2v) is 8.69. The molecule has 0 bridgehead atoms. The van der Waals surface area contributed by atoms with E-state index in [2.05, 4.69) is 4.99 Å². The van der Waals surface area contributed by atoms with E-state index in [0.717, 1.165) is 0 Å². The molecule has 0 amide bonds. The van der Waals surface area contributed by atoms with Crippen LogP contribution < -0.4 is 10.7 Å². The van der Waals surface area contributed by atoms with Crippen molar-refractivity contribution in [2.24, 2.45) is 4.99 Å². The first kappa shape index (κ1) is 27.0. The summed E-state index contributed by atoms with van der Waals surface area (Å²) in [5.41, 5.74) is 1.90. The maximum absolute atomic E-state index is 13.8. The maximum Gasteiger partial charge on any atom is 0.370 e. The van der Waals surface area contributed by atoms with Crippen molar-refractivity contribution in [1.29, 1.82) is 0 Å². The van der Waals surface area contributed by atoms with Crippen molar-refractivity contribution < 1.29 is 40.3 Å². The van der Waals surface area contributed by atoms with Crippen LogP contribution in [-0.4, -0.2) is 38.5 Å². The molecule has 5 nitrogen and oxygen atoms in total. The molecular weight excluding hydrogens is 514 g/mol. The summed E-state index contributed by atoms with van der Waals surface area (Å²) < 4.78 is 91.6. The predicted octanol–water partition coefficient (Wildman–Crippen LogP) is 7.05. The van der Waals surface area contributed by atoms with Crippen LogP contribution in [-0.2, 0) is 4.74 Å². The minimum Gasteiger partial charge on any atom is -0.465 e. The topological polar surface area (TPSA) is 63.8 Å². The normalized spacial score (nSPS) is 12.8.